The van der Waals surface area contributed by atoms with Gasteiger partial charge in [-0.05, 0) is 42.6 Å². The highest BCUT2D eigenvalue weighted by Crippen LogP contribution is 2.32. The number of aldehydes is 1. The highest BCUT2D eigenvalue weighted by atomic mass is 16.6. The lowest BCUT2D eigenvalue weighted by atomic mass is 9.86. The summed E-state index contributed by atoms with van der Waals surface area (Å²) in [5.41, 5.74) is 0.435. The molecule has 0 radical (unpaired) electrons. The second-order valence-electron chi connectivity index (χ2n) is 8.82. The van der Waals surface area contributed by atoms with Gasteiger partial charge in [0.25, 0.3) is 0 Å². The molecule has 0 aliphatic carbocycles. The van der Waals surface area contributed by atoms with Gasteiger partial charge < -0.3 is 9.47 Å². The molecular weight excluding hydrogens is 352 g/mol. The maximum atomic E-state index is 12.3. The van der Waals surface area contributed by atoms with Crippen molar-refractivity contribution >= 4 is 12.3 Å². The number of carbonyl (C=O) groups excluding carboxylic acids is 2. The van der Waals surface area contributed by atoms with E-state index in [0.29, 0.717) is 36.4 Å². The van der Waals surface area contributed by atoms with E-state index in [1.807, 2.05) is 36.4 Å². The molecule has 1 fully saturated rings. The lowest BCUT2D eigenvalue weighted by Crippen LogP contribution is -2.36. The molecule has 1 heterocycles. The summed E-state index contributed by atoms with van der Waals surface area (Å²) in [5, 5.41) is 0. The predicted octanol–water partition coefficient (Wildman–Crippen LogP) is 5.11. The zero-order valence-corrected chi connectivity index (χ0v) is 17.6. The summed E-state index contributed by atoms with van der Waals surface area (Å²) < 4.78 is 11.1. The van der Waals surface area contributed by atoms with Crippen molar-refractivity contribution < 1.29 is 19.1 Å². The Morgan fingerprint density at radius 2 is 1.75 bits per heavy atom. The van der Waals surface area contributed by atoms with Crippen molar-refractivity contribution in [2.45, 2.75) is 65.6 Å². The van der Waals surface area contributed by atoms with Gasteiger partial charge in [-0.2, -0.15) is 0 Å². The summed E-state index contributed by atoms with van der Waals surface area (Å²) in [5.74, 6) is 1.40. The molecule has 154 valence electrons. The van der Waals surface area contributed by atoms with Crippen LogP contribution in [0.2, 0.25) is 0 Å². The topological polar surface area (TPSA) is 52.6 Å². The van der Waals surface area contributed by atoms with E-state index >= 15 is 0 Å². The summed E-state index contributed by atoms with van der Waals surface area (Å²) >= 11 is 0. The van der Waals surface area contributed by atoms with Crippen LogP contribution in [0.5, 0.6) is 0 Å². The predicted molar refractivity (Wildman–Crippen MR) is 111 cm³/mol. The van der Waals surface area contributed by atoms with Crippen LogP contribution in [0.25, 0.3) is 0 Å². The van der Waals surface area contributed by atoms with Crippen LogP contribution in [-0.2, 0) is 25.7 Å². The zero-order valence-electron chi connectivity index (χ0n) is 17.6. The molecule has 1 atom stereocenters. The summed E-state index contributed by atoms with van der Waals surface area (Å²) in [6, 6.07) is 9.75. The number of ether oxygens (including phenoxy) is 2. The Labute approximate surface area is 169 Å². The first-order valence-electron chi connectivity index (χ1n) is 10.3. The Morgan fingerprint density at radius 1 is 1.11 bits per heavy atom. The Balaban J connectivity index is 1.96. The monoisotopic (exact) mass is 386 g/mol. The van der Waals surface area contributed by atoms with Gasteiger partial charge in [-0.25, -0.2) is 4.79 Å². The maximum absolute atomic E-state index is 12.3. The van der Waals surface area contributed by atoms with Gasteiger partial charge in [0.1, 0.15) is 0 Å². The van der Waals surface area contributed by atoms with Crippen LogP contribution in [0, 0.1) is 17.8 Å². The fourth-order valence-electron chi connectivity index (χ4n) is 3.86. The minimum atomic E-state index is -1.19. The summed E-state index contributed by atoms with van der Waals surface area (Å²) in [6.45, 7) is 9.38. The second kappa shape index (κ2) is 10.6. The molecule has 1 saturated heterocycles. The van der Waals surface area contributed by atoms with E-state index in [1.165, 1.54) is 0 Å². The average Bonchev–Trinajstić information content (AvgIpc) is 2.96. The van der Waals surface area contributed by atoms with E-state index in [0.717, 1.165) is 31.1 Å². The van der Waals surface area contributed by atoms with Crippen LogP contribution in [0.4, 0.5) is 0 Å². The summed E-state index contributed by atoms with van der Waals surface area (Å²) in [7, 11) is 0. The standard InChI is InChI=1S/C24H34O4/c1-18(2)12-21(13-19(3)4)10-11-22-14-24(16-25,28-23(22)26)17-27-15-20-8-6-5-7-9-20/h5-9,11,16,18-19,21H,10,12-15,17H2,1-4H3/b22-11+. The van der Waals surface area contributed by atoms with E-state index < -0.39 is 5.60 Å². The van der Waals surface area contributed by atoms with Gasteiger partial charge in [0, 0.05) is 12.0 Å². The third-order valence-electron chi connectivity index (χ3n) is 5.03. The number of carbonyl (C=O) groups is 2. The van der Waals surface area contributed by atoms with Crippen molar-refractivity contribution in [2.24, 2.45) is 17.8 Å². The first kappa shape index (κ1) is 22.4. The van der Waals surface area contributed by atoms with E-state index in [-0.39, 0.29) is 12.6 Å². The second-order valence-corrected chi connectivity index (χ2v) is 8.82. The van der Waals surface area contributed by atoms with Gasteiger partial charge in [0.05, 0.1) is 13.2 Å². The van der Waals surface area contributed by atoms with Crippen LogP contribution in [-0.4, -0.2) is 24.5 Å². The quantitative estimate of drug-likeness (QED) is 0.301. The molecule has 0 bridgehead atoms. The maximum Gasteiger partial charge on any atom is 0.334 e. The van der Waals surface area contributed by atoms with E-state index in [4.69, 9.17) is 9.47 Å². The van der Waals surface area contributed by atoms with Crippen molar-refractivity contribution in [3.05, 3.63) is 47.5 Å². The van der Waals surface area contributed by atoms with Crippen molar-refractivity contribution in [1.82, 2.24) is 0 Å². The Bertz CT molecular complexity index is 652. The molecule has 4 nitrogen and oxygen atoms in total. The largest absolute Gasteiger partial charge is 0.445 e. The van der Waals surface area contributed by atoms with Crippen LogP contribution in [0.3, 0.4) is 0 Å². The molecule has 2 rings (SSSR count). The van der Waals surface area contributed by atoms with E-state index in [2.05, 4.69) is 27.7 Å². The van der Waals surface area contributed by atoms with Crippen LogP contribution in [0.15, 0.2) is 42.0 Å². The molecule has 1 unspecified atom stereocenters. The zero-order chi connectivity index (χ0) is 20.6. The Hall–Kier alpha value is -1.94. The number of hydrogen-bond acceptors (Lipinski definition) is 4. The smallest absolute Gasteiger partial charge is 0.334 e. The first-order chi connectivity index (χ1) is 13.3. The minimum absolute atomic E-state index is 0.0793. The minimum Gasteiger partial charge on any atom is -0.445 e. The SMILES string of the molecule is CC(C)CC(C/C=C1\CC(C=O)(COCc2ccccc2)OC1=O)CC(C)C. The fraction of sp³-hybridized carbons (Fsp3) is 0.583. The van der Waals surface area contributed by atoms with E-state index in [9.17, 15) is 9.59 Å². The van der Waals surface area contributed by atoms with Gasteiger partial charge >= 0.3 is 5.97 Å². The van der Waals surface area contributed by atoms with Crippen LogP contribution < -0.4 is 0 Å². The van der Waals surface area contributed by atoms with Crippen LogP contribution >= 0.6 is 0 Å². The van der Waals surface area contributed by atoms with Gasteiger partial charge in [0.2, 0.25) is 0 Å². The lowest BCUT2D eigenvalue weighted by Gasteiger charge is -2.20. The number of rotatable bonds is 11. The molecule has 0 N–H and O–H groups in total. The molecule has 28 heavy (non-hydrogen) atoms. The molecule has 0 spiro atoms. The molecule has 0 aromatic heterocycles. The molecule has 4 heteroatoms. The number of hydrogen-bond donors (Lipinski definition) is 0. The van der Waals surface area contributed by atoms with E-state index in [1.54, 1.807) is 0 Å². The van der Waals surface area contributed by atoms with Crippen molar-refractivity contribution in [1.29, 1.82) is 0 Å². The van der Waals surface area contributed by atoms with Gasteiger partial charge in [0.15, 0.2) is 11.9 Å². The Kier molecular flexibility index (Phi) is 8.43. The normalized spacial score (nSPS) is 21.1. The number of esters is 1. The summed E-state index contributed by atoms with van der Waals surface area (Å²) in [6.07, 6.45) is 6.11. The van der Waals surface area contributed by atoms with Gasteiger partial charge in [-0.1, -0.05) is 64.1 Å². The molecule has 1 aliphatic heterocycles. The highest BCUT2D eigenvalue weighted by Gasteiger charge is 2.44. The average molecular weight is 387 g/mol. The third-order valence-corrected chi connectivity index (χ3v) is 5.03. The number of benzene rings is 1. The molecule has 0 saturated carbocycles. The van der Waals surface area contributed by atoms with Crippen LogP contribution in [0.1, 0.15) is 58.9 Å². The number of allylic oxidation sites excluding steroid dienone is 1. The molecular formula is C24H34O4. The van der Waals surface area contributed by atoms with Gasteiger partial charge in [-0.3, -0.25) is 4.79 Å². The summed E-state index contributed by atoms with van der Waals surface area (Å²) in [4.78, 5) is 24.0. The molecule has 1 aromatic rings. The highest BCUT2D eigenvalue weighted by molar-refractivity contribution is 5.94. The fourth-order valence-corrected chi connectivity index (χ4v) is 3.86. The third kappa shape index (κ3) is 6.90. The van der Waals surface area contributed by atoms with Gasteiger partial charge in [-0.15, -0.1) is 0 Å². The number of cyclic esters (lactones) is 1. The molecule has 1 aromatic carbocycles. The molecule has 1 aliphatic rings. The van der Waals surface area contributed by atoms with Crippen molar-refractivity contribution in [3.8, 4) is 0 Å². The lowest BCUT2D eigenvalue weighted by molar-refractivity contribution is -0.157. The van der Waals surface area contributed by atoms with Crippen molar-refractivity contribution in [2.75, 3.05) is 6.61 Å². The first-order valence-corrected chi connectivity index (χ1v) is 10.3. The Morgan fingerprint density at radius 3 is 2.32 bits per heavy atom. The molecule has 0 amide bonds. The van der Waals surface area contributed by atoms with Crippen molar-refractivity contribution in [3.63, 3.8) is 0 Å².